The predicted octanol–water partition coefficient (Wildman–Crippen LogP) is 0.824. The SMILES string of the molecule is Cc1cc(CNC2=NCCCN2)nc(N2CCCC2)n1. The lowest BCUT2D eigenvalue weighted by Gasteiger charge is -2.18. The number of nitrogens with one attached hydrogen (secondary N) is 2. The van der Waals surface area contributed by atoms with E-state index in [2.05, 4.69) is 30.5 Å². The minimum absolute atomic E-state index is 0.691. The van der Waals surface area contributed by atoms with Gasteiger partial charge in [0.2, 0.25) is 5.95 Å². The maximum absolute atomic E-state index is 4.67. The molecule has 0 aromatic carbocycles. The molecule has 1 aromatic heterocycles. The number of nitrogens with zero attached hydrogens (tertiary/aromatic N) is 4. The summed E-state index contributed by atoms with van der Waals surface area (Å²) in [5, 5.41) is 6.57. The van der Waals surface area contributed by atoms with Gasteiger partial charge in [0, 0.05) is 31.9 Å². The van der Waals surface area contributed by atoms with Crippen LogP contribution in [-0.4, -0.2) is 42.1 Å². The van der Waals surface area contributed by atoms with Gasteiger partial charge < -0.3 is 15.5 Å². The van der Waals surface area contributed by atoms with Gasteiger partial charge in [-0.25, -0.2) is 9.97 Å². The molecular weight excluding hydrogens is 252 g/mol. The van der Waals surface area contributed by atoms with Crippen molar-refractivity contribution in [1.82, 2.24) is 20.6 Å². The van der Waals surface area contributed by atoms with Crippen LogP contribution in [0.2, 0.25) is 0 Å². The molecule has 0 saturated carbocycles. The van der Waals surface area contributed by atoms with Gasteiger partial charge in [-0.1, -0.05) is 0 Å². The van der Waals surface area contributed by atoms with Crippen molar-refractivity contribution < 1.29 is 0 Å². The fourth-order valence-electron chi connectivity index (χ4n) is 2.59. The Morgan fingerprint density at radius 1 is 1.25 bits per heavy atom. The highest BCUT2D eigenvalue weighted by Gasteiger charge is 2.16. The molecule has 6 nitrogen and oxygen atoms in total. The van der Waals surface area contributed by atoms with Gasteiger partial charge in [-0.3, -0.25) is 4.99 Å². The summed E-state index contributed by atoms with van der Waals surface area (Å²) in [6.45, 7) is 6.76. The van der Waals surface area contributed by atoms with Crippen molar-refractivity contribution in [2.24, 2.45) is 4.99 Å². The van der Waals surface area contributed by atoms with Gasteiger partial charge in [-0.15, -0.1) is 0 Å². The van der Waals surface area contributed by atoms with Crippen LogP contribution in [0.3, 0.4) is 0 Å². The van der Waals surface area contributed by atoms with E-state index in [0.29, 0.717) is 6.54 Å². The first-order chi connectivity index (χ1) is 9.81. The first-order valence-electron chi connectivity index (χ1n) is 7.43. The number of hydrogen-bond donors (Lipinski definition) is 2. The molecule has 0 aliphatic carbocycles. The van der Waals surface area contributed by atoms with Crippen molar-refractivity contribution in [3.8, 4) is 0 Å². The van der Waals surface area contributed by atoms with E-state index in [1.54, 1.807) is 0 Å². The molecule has 6 heteroatoms. The number of guanidine groups is 1. The monoisotopic (exact) mass is 274 g/mol. The van der Waals surface area contributed by atoms with Crippen LogP contribution in [0.15, 0.2) is 11.1 Å². The third-order valence-corrected chi connectivity index (χ3v) is 3.62. The van der Waals surface area contributed by atoms with Crippen LogP contribution in [-0.2, 0) is 6.54 Å². The molecule has 2 aliphatic heterocycles. The molecule has 0 atom stereocenters. The second kappa shape index (κ2) is 6.07. The Morgan fingerprint density at radius 3 is 2.85 bits per heavy atom. The van der Waals surface area contributed by atoms with Crippen LogP contribution in [0.25, 0.3) is 0 Å². The van der Waals surface area contributed by atoms with Crippen LogP contribution >= 0.6 is 0 Å². The van der Waals surface area contributed by atoms with Crippen molar-refractivity contribution in [2.75, 3.05) is 31.1 Å². The zero-order chi connectivity index (χ0) is 13.8. The molecule has 108 valence electrons. The largest absolute Gasteiger partial charge is 0.356 e. The van der Waals surface area contributed by atoms with Crippen LogP contribution in [0.4, 0.5) is 5.95 Å². The summed E-state index contributed by atoms with van der Waals surface area (Å²) in [5.41, 5.74) is 2.05. The number of anilines is 1. The molecule has 0 unspecified atom stereocenters. The fourth-order valence-corrected chi connectivity index (χ4v) is 2.59. The molecule has 2 N–H and O–H groups in total. The van der Waals surface area contributed by atoms with Gasteiger partial charge in [-0.2, -0.15) is 0 Å². The lowest BCUT2D eigenvalue weighted by Crippen LogP contribution is -2.40. The van der Waals surface area contributed by atoms with Crippen LogP contribution in [0, 0.1) is 6.92 Å². The topological polar surface area (TPSA) is 65.4 Å². The van der Waals surface area contributed by atoms with Crippen LogP contribution in [0.5, 0.6) is 0 Å². The average molecular weight is 274 g/mol. The Morgan fingerprint density at radius 2 is 2.10 bits per heavy atom. The van der Waals surface area contributed by atoms with E-state index in [1.807, 2.05) is 13.0 Å². The van der Waals surface area contributed by atoms with Crippen molar-refractivity contribution in [3.63, 3.8) is 0 Å². The average Bonchev–Trinajstić information content (AvgIpc) is 3.00. The summed E-state index contributed by atoms with van der Waals surface area (Å²) >= 11 is 0. The Bertz CT molecular complexity index is 492. The highest BCUT2D eigenvalue weighted by atomic mass is 15.3. The molecule has 0 bridgehead atoms. The maximum atomic E-state index is 4.67. The normalized spacial score (nSPS) is 18.6. The Kier molecular flexibility index (Phi) is 3.99. The van der Waals surface area contributed by atoms with Gasteiger partial charge >= 0.3 is 0 Å². The minimum atomic E-state index is 0.691. The number of rotatable bonds is 3. The molecule has 20 heavy (non-hydrogen) atoms. The highest BCUT2D eigenvalue weighted by molar-refractivity contribution is 5.80. The molecule has 0 spiro atoms. The Balaban J connectivity index is 1.67. The third-order valence-electron chi connectivity index (χ3n) is 3.62. The summed E-state index contributed by atoms with van der Waals surface area (Å²) < 4.78 is 0. The zero-order valence-electron chi connectivity index (χ0n) is 12.0. The number of aliphatic imine (C=N–C) groups is 1. The van der Waals surface area contributed by atoms with E-state index >= 15 is 0 Å². The summed E-state index contributed by atoms with van der Waals surface area (Å²) in [6, 6.07) is 2.04. The first-order valence-corrected chi connectivity index (χ1v) is 7.43. The molecule has 3 heterocycles. The van der Waals surface area contributed by atoms with Crippen molar-refractivity contribution in [3.05, 3.63) is 17.5 Å². The predicted molar refractivity (Wildman–Crippen MR) is 80.0 cm³/mol. The van der Waals surface area contributed by atoms with E-state index in [4.69, 9.17) is 0 Å². The van der Waals surface area contributed by atoms with Crippen molar-refractivity contribution >= 4 is 11.9 Å². The van der Waals surface area contributed by atoms with Crippen molar-refractivity contribution in [2.45, 2.75) is 32.7 Å². The quantitative estimate of drug-likeness (QED) is 0.854. The van der Waals surface area contributed by atoms with Crippen LogP contribution in [0.1, 0.15) is 30.7 Å². The molecule has 0 radical (unpaired) electrons. The van der Waals surface area contributed by atoms with E-state index in [-0.39, 0.29) is 0 Å². The lowest BCUT2D eigenvalue weighted by atomic mass is 10.3. The molecule has 1 fully saturated rings. The van der Waals surface area contributed by atoms with E-state index in [1.165, 1.54) is 12.8 Å². The molecule has 1 aromatic rings. The lowest BCUT2D eigenvalue weighted by molar-refractivity contribution is 0.697. The second-order valence-corrected chi connectivity index (χ2v) is 5.36. The van der Waals surface area contributed by atoms with Gasteiger partial charge in [0.15, 0.2) is 5.96 Å². The second-order valence-electron chi connectivity index (χ2n) is 5.36. The summed E-state index contributed by atoms with van der Waals surface area (Å²) in [7, 11) is 0. The van der Waals surface area contributed by atoms with Gasteiger partial charge in [-0.05, 0) is 32.3 Å². The Hall–Kier alpha value is -1.85. The fraction of sp³-hybridized carbons (Fsp3) is 0.643. The summed E-state index contributed by atoms with van der Waals surface area (Å²) in [4.78, 5) is 15.9. The third kappa shape index (κ3) is 3.18. The van der Waals surface area contributed by atoms with Crippen molar-refractivity contribution in [1.29, 1.82) is 0 Å². The van der Waals surface area contributed by atoms with Crippen LogP contribution < -0.4 is 15.5 Å². The van der Waals surface area contributed by atoms with Gasteiger partial charge in [0.1, 0.15) is 0 Å². The molecule has 0 amide bonds. The van der Waals surface area contributed by atoms with E-state index in [0.717, 1.165) is 55.9 Å². The minimum Gasteiger partial charge on any atom is -0.356 e. The molecule has 3 rings (SSSR count). The standard InChI is InChI=1S/C14H22N6/c1-11-9-12(10-17-13-15-5-4-6-16-13)19-14(18-11)20-7-2-3-8-20/h9H,2-8,10H2,1H3,(H2,15,16,17). The number of hydrogen-bond acceptors (Lipinski definition) is 6. The van der Waals surface area contributed by atoms with Gasteiger partial charge in [0.05, 0.1) is 12.2 Å². The summed E-state index contributed by atoms with van der Waals surface area (Å²) in [5.74, 6) is 1.76. The Labute approximate surface area is 119 Å². The number of aromatic nitrogens is 2. The smallest absolute Gasteiger partial charge is 0.225 e. The zero-order valence-corrected chi connectivity index (χ0v) is 12.0. The summed E-state index contributed by atoms with van der Waals surface area (Å²) in [6.07, 6.45) is 3.59. The van der Waals surface area contributed by atoms with Gasteiger partial charge in [0.25, 0.3) is 0 Å². The first kappa shape index (κ1) is 13.1. The molecular formula is C14H22N6. The molecule has 2 aliphatic rings. The number of aryl methyl sites for hydroxylation is 1. The maximum Gasteiger partial charge on any atom is 0.225 e. The molecule has 1 saturated heterocycles. The highest BCUT2D eigenvalue weighted by Crippen LogP contribution is 2.16. The van der Waals surface area contributed by atoms with E-state index in [9.17, 15) is 0 Å². The van der Waals surface area contributed by atoms with E-state index < -0.39 is 0 Å².